The van der Waals surface area contributed by atoms with Crippen LogP contribution in [0.5, 0.6) is 0 Å². The second-order valence-corrected chi connectivity index (χ2v) is 6.21. The largest absolute Gasteiger partial charge is 0.481 e. The van der Waals surface area contributed by atoms with Crippen molar-refractivity contribution in [3.8, 4) is 0 Å². The van der Waals surface area contributed by atoms with E-state index >= 15 is 0 Å². The van der Waals surface area contributed by atoms with Gasteiger partial charge < -0.3 is 15.7 Å². The van der Waals surface area contributed by atoms with E-state index in [0.29, 0.717) is 12.8 Å². The van der Waals surface area contributed by atoms with Gasteiger partial charge in [0, 0.05) is 13.0 Å². The highest BCUT2D eigenvalue weighted by atomic mass is 16.4. The SMILES string of the molecule is O=C(O)CCNC(=O)CCc1cccc(CC2CCNCC2)c1. The van der Waals surface area contributed by atoms with Crippen LogP contribution in [-0.4, -0.2) is 36.6 Å². The van der Waals surface area contributed by atoms with Crippen molar-refractivity contribution in [2.24, 2.45) is 5.92 Å². The van der Waals surface area contributed by atoms with Crippen LogP contribution in [0.25, 0.3) is 0 Å². The number of rotatable bonds is 8. The summed E-state index contributed by atoms with van der Waals surface area (Å²) in [5.74, 6) is -0.225. The molecule has 1 heterocycles. The lowest BCUT2D eigenvalue weighted by atomic mass is 9.90. The van der Waals surface area contributed by atoms with Gasteiger partial charge in [0.15, 0.2) is 0 Å². The van der Waals surface area contributed by atoms with Gasteiger partial charge in [0.2, 0.25) is 5.91 Å². The van der Waals surface area contributed by atoms with Gasteiger partial charge >= 0.3 is 5.97 Å². The molecule has 2 rings (SSSR count). The zero-order chi connectivity index (χ0) is 16.5. The molecule has 3 N–H and O–H groups in total. The summed E-state index contributed by atoms with van der Waals surface area (Å²) < 4.78 is 0. The molecule has 0 radical (unpaired) electrons. The molecule has 1 amide bonds. The number of carboxylic acid groups (broad SMARTS) is 1. The molecule has 0 aliphatic carbocycles. The van der Waals surface area contributed by atoms with Gasteiger partial charge in [0.05, 0.1) is 6.42 Å². The molecule has 1 aromatic rings. The van der Waals surface area contributed by atoms with E-state index in [4.69, 9.17) is 5.11 Å². The number of carbonyl (C=O) groups excluding carboxylic acids is 1. The predicted molar refractivity (Wildman–Crippen MR) is 89.3 cm³/mol. The van der Waals surface area contributed by atoms with E-state index < -0.39 is 5.97 Å². The predicted octanol–water partition coefficient (Wildman–Crippen LogP) is 1.75. The number of amides is 1. The Hall–Kier alpha value is -1.88. The van der Waals surface area contributed by atoms with E-state index in [-0.39, 0.29) is 18.9 Å². The molecular weight excluding hydrogens is 292 g/mol. The van der Waals surface area contributed by atoms with Gasteiger partial charge in [0.1, 0.15) is 0 Å². The first kappa shape index (κ1) is 17.5. The smallest absolute Gasteiger partial charge is 0.305 e. The first-order valence-corrected chi connectivity index (χ1v) is 8.40. The Morgan fingerprint density at radius 1 is 1.17 bits per heavy atom. The molecule has 5 heteroatoms. The molecule has 0 saturated carbocycles. The number of nitrogens with one attached hydrogen (secondary N) is 2. The monoisotopic (exact) mass is 318 g/mol. The molecule has 0 atom stereocenters. The summed E-state index contributed by atoms with van der Waals surface area (Å²) in [5.41, 5.74) is 2.52. The van der Waals surface area contributed by atoms with Crippen LogP contribution in [0.4, 0.5) is 0 Å². The molecule has 0 bridgehead atoms. The van der Waals surface area contributed by atoms with Gasteiger partial charge in [-0.1, -0.05) is 24.3 Å². The van der Waals surface area contributed by atoms with Gasteiger partial charge in [-0.3, -0.25) is 9.59 Å². The van der Waals surface area contributed by atoms with Gasteiger partial charge in [-0.25, -0.2) is 0 Å². The number of aryl methyl sites for hydroxylation is 1. The van der Waals surface area contributed by atoms with Crippen molar-refractivity contribution >= 4 is 11.9 Å². The van der Waals surface area contributed by atoms with Gasteiger partial charge in [-0.05, 0) is 55.8 Å². The number of piperidine rings is 1. The Kier molecular flexibility index (Phi) is 7.07. The van der Waals surface area contributed by atoms with Crippen LogP contribution in [0.3, 0.4) is 0 Å². The quantitative estimate of drug-likeness (QED) is 0.682. The first-order chi connectivity index (χ1) is 11.1. The normalized spacial score (nSPS) is 15.3. The molecule has 1 aromatic carbocycles. The van der Waals surface area contributed by atoms with E-state index in [1.54, 1.807) is 0 Å². The van der Waals surface area contributed by atoms with Crippen molar-refractivity contribution in [1.29, 1.82) is 0 Å². The van der Waals surface area contributed by atoms with Crippen molar-refractivity contribution in [3.63, 3.8) is 0 Å². The fourth-order valence-corrected chi connectivity index (χ4v) is 2.99. The van der Waals surface area contributed by atoms with Crippen LogP contribution >= 0.6 is 0 Å². The van der Waals surface area contributed by atoms with Crippen LogP contribution < -0.4 is 10.6 Å². The van der Waals surface area contributed by atoms with Gasteiger partial charge in [0.25, 0.3) is 0 Å². The maximum atomic E-state index is 11.7. The number of aliphatic carboxylic acids is 1. The van der Waals surface area contributed by atoms with Crippen LogP contribution in [0.2, 0.25) is 0 Å². The highest BCUT2D eigenvalue weighted by molar-refractivity contribution is 5.77. The zero-order valence-corrected chi connectivity index (χ0v) is 13.5. The van der Waals surface area contributed by atoms with E-state index in [2.05, 4.69) is 34.9 Å². The van der Waals surface area contributed by atoms with E-state index in [9.17, 15) is 9.59 Å². The third-order valence-corrected chi connectivity index (χ3v) is 4.28. The summed E-state index contributed by atoms with van der Waals surface area (Å²) in [6, 6.07) is 8.48. The molecule has 5 nitrogen and oxygen atoms in total. The highest BCUT2D eigenvalue weighted by Crippen LogP contribution is 2.19. The van der Waals surface area contributed by atoms with Gasteiger partial charge in [-0.2, -0.15) is 0 Å². The van der Waals surface area contributed by atoms with Crippen molar-refractivity contribution < 1.29 is 14.7 Å². The summed E-state index contributed by atoms with van der Waals surface area (Å²) >= 11 is 0. The molecule has 1 aliphatic rings. The summed E-state index contributed by atoms with van der Waals surface area (Å²) in [4.78, 5) is 22.1. The van der Waals surface area contributed by atoms with Crippen LogP contribution in [-0.2, 0) is 22.4 Å². The molecule has 0 unspecified atom stereocenters. The average molecular weight is 318 g/mol. The Balaban J connectivity index is 1.75. The summed E-state index contributed by atoms with van der Waals surface area (Å²) in [6.07, 6.45) is 4.64. The third-order valence-electron chi connectivity index (χ3n) is 4.28. The molecular formula is C18H26N2O3. The second kappa shape index (κ2) is 9.30. The maximum absolute atomic E-state index is 11.7. The fourth-order valence-electron chi connectivity index (χ4n) is 2.99. The maximum Gasteiger partial charge on any atom is 0.305 e. The Labute approximate surface area is 137 Å². The number of hydrogen-bond acceptors (Lipinski definition) is 3. The van der Waals surface area contributed by atoms with Crippen LogP contribution in [0, 0.1) is 5.92 Å². The third kappa shape index (κ3) is 6.82. The first-order valence-electron chi connectivity index (χ1n) is 8.40. The minimum atomic E-state index is -0.893. The van der Waals surface area contributed by atoms with Crippen molar-refractivity contribution in [2.75, 3.05) is 19.6 Å². The average Bonchev–Trinajstić information content (AvgIpc) is 2.54. The number of carboxylic acids is 1. The summed E-state index contributed by atoms with van der Waals surface area (Å²) in [7, 11) is 0. The Morgan fingerprint density at radius 2 is 1.91 bits per heavy atom. The van der Waals surface area contributed by atoms with E-state index in [0.717, 1.165) is 25.4 Å². The highest BCUT2D eigenvalue weighted by Gasteiger charge is 2.13. The number of carbonyl (C=O) groups is 2. The molecule has 0 spiro atoms. The Morgan fingerprint density at radius 3 is 2.65 bits per heavy atom. The van der Waals surface area contributed by atoms with E-state index in [1.807, 2.05) is 0 Å². The lowest BCUT2D eigenvalue weighted by Gasteiger charge is -2.22. The van der Waals surface area contributed by atoms with Crippen molar-refractivity contribution in [1.82, 2.24) is 10.6 Å². The molecule has 0 aromatic heterocycles. The second-order valence-electron chi connectivity index (χ2n) is 6.21. The molecule has 1 saturated heterocycles. The summed E-state index contributed by atoms with van der Waals surface area (Å²) in [6.45, 7) is 2.42. The molecule has 126 valence electrons. The molecule has 1 fully saturated rings. The number of benzene rings is 1. The Bertz CT molecular complexity index is 525. The van der Waals surface area contributed by atoms with Crippen molar-refractivity contribution in [3.05, 3.63) is 35.4 Å². The van der Waals surface area contributed by atoms with Crippen LogP contribution in [0.1, 0.15) is 36.8 Å². The lowest BCUT2D eigenvalue weighted by Crippen LogP contribution is -2.28. The number of hydrogen-bond donors (Lipinski definition) is 3. The lowest BCUT2D eigenvalue weighted by molar-refractivity contribution is -0.136. The van der Waals surface area contributed by atoms with Crippen molar-refractivity contribution in [2.45, 2.75) is 38.5 Å². The summed E-state index contributed by atoms with van der Waals surface area (Å²) in [5, 5.41) is 14.6. The molecule has 1 aliphatic heterocycles. The minimum absolute atomic E-state index is 0.0303. The van der Waals surface area contributed by atoms with E-state index in [1.165, 1.54) is 24.0 Å². The fraction of sp³-hybridized carbons (Fsp3) is 0.556. The van der Waals surface area contributed by atoms with Gasteiger partial charge in [-0.15, -0.1) is 0 Å². The van der Waals surface area contributed by atoms with Crippen LogP contribution in [0.15, 0.2) is 24.3 Å². The topological polar surface area (TPSA) is 78.4 Å². The standard InChI is InChI=1S/C18H26N2O3/c21-17(20-11-8-18(22)23)5-4-14-2-1-3-16(12-14)13-15-6-9-19-10-7-15/h1-3,12,15,19H,4-11,13H2,(H,20,21)(H,22,23). The molecule has 23 heavy (non-hydrogen) atoms. The zero-order valence-electron chi connectivity index (χ0n) is 13.5. The minimum Gasteiger partial charge on any atom is -0.481 e.